The van der Waals surface area contributed by atoms with Gasteiger partial charge in [-0.15, -0.1) is 0 Å². The van der Waals surface area contributed by atoms with Crippen LogP contribution in [-0.4, -0.2) is 36.6 Å². The smallest absolute Gasteiger partial charge is 0.0551 e. The molecule has 0 atom stereocenters. The van der Waals surface area contributed by atoms with E-state index in [0.29, 0.717) is 13.0 Å². The third-order valence-electron chi connectivity index (χ3n) is 3.40. The van der Waals surface area contributed by atoms with Crippen LogP contribution in [0.25, 0.3) is 0 Å². The van der Waals surface area contributed by atoms with Crippen molar-refractivity contribution >= 4 is 0 Å². The van der Waals surface area contributed by atoms with Gasteiger partial charge in [0.1, 0.15) is 0 Å². The Hall–Kier alpha value is -0.900. The van der Waals surface area contributed by atoms with Gasteiger partial charge in [-0.25, -0.2) is 0 Å². The summed E-state index contributed by atoms with van der Waals surface area (Å²) in [6, 6.07) is 7.88. The van der Waals surface area contributed by atoms with E-state index in [1.54, 1.807) is 0 Å². The summed E-state index contributed by atoms with van der Waals surface area (Å²) in [5.41, 5.74) is 1.50. The van der Waals surface area contributed by atoms with E-state index in [4.69, 9.17) is 4.74 Å². The molecule has 3 heteroatoms. The summed E-state index contributed by atoms with van der Waals surface area (Å²) >= 11 is 0. The summed E-state index contributed by atoms with van der Waals surface area (Å²) in [5.74, 6) is 0. The number of benzene rings is 1. The highest BCUT2D eigenvalue weighted by Gasteiger charge is 2.31. The van der Waals surface area contributed by atoms with Crippen molar-refractivity contribution in [2.75, 3.05) is 26.4 Å². The molecule has 0 aliphatic rings. The zero-order valence-corrected chi connectivity index (χ0v) is 11.4. The van der Waals surface area contributed by atoms with Gasteiger partial charge in [-0.2, -0.15) is 0 Å². The molecule has 0 bridgehead atoms. The number of rotatable bonds is 8. The predicted octanol–water partition coefficient (Wildman–Crippen LogP) is 2.03. The van der Waals surface area contributed by atoms with Crippen molar-refractivity contribution in [1.29, 1.82) is 0 Å². The largest absolute Gasteiger partial charge is 0.395 e. The average molecular weight is 252 g/mol. The Morgan fingerprint density at radius 2 is 1.78 bits per heavy atom. The van der Waals surface area contributed by atoms with Crippen molar-refractivity contribution in [3.05, 3.63) is 35.4 Å². The molecule has 1 aromatic rings. The molecule has 1 rings (SSSR count). The van der Waals surface area contributed by atoms with E-state index in [1.165, 1.54) is 0 Å². The minimum absolute atomic E-state index is 0.0656. The summed E-state index contributed by atoms with van der Waals surface area (Å²) in [6.07, 6.45) is 1.61. The third kappa shape index (κ3) is 3.55. The molecule has 0 saturated carbocycles. The van der Waals surface area contributed by atoms with Crippen molar-refractivity contribution in [1.82, 2.24) is 0 Å². The molecule has 0 aromatic heterocycles. The zero-order chi connectivity index (χ0) is 13.4. The first-order chi connectivity index (χ1) is 8.70. The fraction of sp³-hybridized carbons (Fsp3) is 0.600. The molecule has 3 nitrogen and oxygen atoms in total. The molecule has 2 N–H and O–H groups in total. The number of aliphatic hydroxyl groups excluding tert-OH is 2. The molecule has 0 aliphatic heterocycles. The second kappa shape index (κ2) is 7.52. The van der Waals surface area contributed by atoms with Crippen LogP contribution in [0, 0.1) is 6.92 Å². The molecule has 18 heavy (non-hydrogen) atoms. The van der Waals surface area contributed by atoms with Crippen molar-refractivity contribution in [3.8, 4) is 0 Å². The van der Waals surface area contributed by atoms with Crippen LogP contribution in [0.1, 0.15) is 30.9 Å². The molecule has 0 unspecified atom stereocenters. The fourth-order valence-electron chi connectivity index (χ4n) is 2.19. The number of aliphatic hydroxyl groups is 2. The monoisotopic (exact) mass is 252 g/mol. The molecule has 0 saturated heterocycles. The van der Waals surface area contributed by atoms with Gasteiger partial charge in [-0.05, 0) is 30.9 Å². The molecular formula is C15H24O3. The molecular weight excluding hydrogens is 228 g/mol. The van der Waals surface area contributed by atoms with Crippen LogP contribution >= 0.6 is 0 Å². The summed E-state index contributed by atoms with van der Waals surface area (Å²) in [5, 5.41) is 19.4. The van der Waals surface area contributed by atoms with Crippen molar-refractivity contribution in [3.63, 3.8) is 0 Å². The lowest BCUT2D eigenvalue weighted by molar-refractivity contribution is 0.0624. The van der Waals surface area contributed by atoms with Crippen LogP contribution in [0.4, 0.5) is 0 Å². The molecule has 0 amide bonds. The lowest BCUT2D eigenvalue weighted by Gasteiger charge is -2.31. The first kappa shape index (κ1) is 15.2. The van der Waals surface area contributed by atoms with Gasteiger partial charge in [-0.3, -0.25) is 0 Å². The minimum atomic E-state index is -0.598. The predicted molar refractivity (Wildman–Crippen MR) is 72.8 cm³/mol. The summed E-state index contributed by atoms with van der Waals surface area (Å²) in [4.78, 5) is 0. The van der Waals surface area contributed by atoms with Crippen LogP contribution < -0.4 is 0 Å². The lowest BCUT2D eigenvalue weighted by atomic mass is 9.77. The highest BCUT2D eigenvalue weighted by atomic mass is 16.5. The number of hydrogen-bond acceptors (Lipinski definition) is 3. The van der Waals surface area contributed by atoms with Crippen LogP contribution in [0.15, 0.2) is 24.3 Å². The molecule has 0 spiro atoms. The zero-order valence-electron chi connectivity index (χ0n) is 11.4. The molecule has 0 aliphatic carbocycles. The SMILES string of the molecule is CCCOCCC(CO)(CO)c1ccccc1C. The Kier molecular flexibility index (Phi) is 6.33. The first-order valence-electron chi connectivity index (χ1n) is 6.55. The maximum absolute atomic E-state index is 9.70. The number of ether oxygens (including phenoxy) is 1. The summed E-state index contributed by atoms with van der Waals surface area (Å²) in [6.45, 7) is 5.21. The lowest BCUT2D eigenvalue weighted by Crippen LogP contribution is -2.37. The van der Waals surface area contributed by atoms with Gasteiger partial charge < -0.3 is 14.9 Å². The highest BCUT2D eigenvalue weighted by molar-refractivity contribution is 5.33. The Labute approximate surface area is 109 Å². The van der Waals surface area contributed by atoms with E-state index in [0.717, 1.165) is 24.2 Å². The van der Waals surface area contributed by atoms with Crippen LogP contribution in [0.2, 0.25) is 0 Å². The summed E-state index contributed by atoms with van der Waals surface area (Å²) < 4.78 is 5.48. The second-order valence-corrected chi connectivity index (χ2v) is 4.77. The Balaban J connectivity index is 2.83. The van der Waals surface area contributed by atoms with Gasteiger partial charge in [-0.1, -0.05) is 31.2 Å². The van der Waals surface area contributed by atoms with Crippen molar-refractivity contribution in [2.45, 2.75) is 32.1 Å². The quantitative estimate of drug-likeness (QED) is 0.696. The Bertz CT molecular complexity index is 345. The van der Waals surface area contributed by atoms with E-state index >= 15 is 0 Å². The van der Waals surface area contributed by atoms with E-state index < -0.39 is 5.41 Å². The average Bonchev–Trinajstić information content (AvgIpc) is 2.41. The number of aryl methyl sites for hydroxylation is 1. The van der Waals surface area contributed by atoms with Crippen LogP contribution in [0.5, 0.6) is 0 Å². The van der Waals surface area contributed by atoms with Gasteiger partial charge in [0.05, 0.1) is 13.2 Å². The van der Waals surface area contributed by atoms with Gasteiger partial charge >= 0.3 is 0 Å². The van der Waals surface area contributed by atoms with Crippen LogP contribution in [0.3, 0.4) is 0 Å². The fourth-order valence-corrected chi connectivity index (χ4v) is 2.19. The Morgan fingerprint density at radius 3 is 2.33 bits per heavy atom. The maximum atomic E-state index is 9.70. The molecule has 0 fully saturated rings. The number of hydrogen-bond donors (Lipinski definition) is 2. The normalized spacial score (nSPS) is 11.8. The van der Waals surface area contributed by atoms with Gasteiger partial charge in [0.2, 0.25) is 0 Å². The minimum Gasteiger partial charge on any atom is -0.395 e. The van der Waals surface area contributed by atoms with E-state index in [9.17, 15) is 10.2 Å². The molecule has 1 aromatic carbocycles. The molecule has 0 radical (unpaired) electrons. The van der Waals surface area contributed by atoms with Gasteiger partial charge in [0, 0.05) is 18.6 Å². The maximum Gasteiger partial charge on any atom is 0.0551 e. The van der Waals surface area contributed by atoms with Gasteiger partial charge in [0.25, 0.3) is 0 Å². The van der Waals surface area contributed by atoms with E-state index in [1.807, 2.05) is 31.2 Å². The molecule has 102 valence electrons. The van der Waals surface area contributed by atoms with E-state index in [-0.39, 0.29) is 13.2 Å². The topological polar surface area (TPSA) is 49.7 Å². The summed E-state index contributed by atoms with van der Waals surface area (Å²) in [7, 11) is 0. The second-order valence-electron chi connectivity index (χ2n) is 4.77. The van der Waals surface area contributed by atoms with Gasteiger partial charge in [0.15, 0.2) is 0 Å². The van der Waals surface area contributed by atoms with Crippen molar-refractivity contribution in [2.24, 2.45) is 0 Å². The molecule has 0 heterocycles. The van der Waals surface area contributed by atoms with Crippen LogP contribution in [-0.2, 0) is 10.2 Å². The third-order valence-corrected chi connectivity index (χ3v) is 3.40. The van der Waals surface area contributed by atoms with Crippen molar-refractivity contribution < 1.29 is 14.9 Å². The highest BCUT2D eigenvalue weighted by Crippen LogP contribution is 2.29. The standard InChI is InChI=1S/C15H24O3/c1-3-9-18-10-8-15(11-16,12-17)14-7-5-4-6-13(14)2/h4-7,16-17H,3,8-12H2,1-2H3. The Morgan fingerprint density at radius 1 is 1.11 bits per heavy atom. The first-order valence-corrected chi connectivity index (χ1v) is 6.55. The van der Waals surface area contributed by atoms with E-state index in [2.05, 4.69) is 6.92 Å².